The highest BCUT2D eigenvalue weighted by atomic mass is 16.5. The number of anilines is 2. The van der Waals surface area contributed by atoms with Crippen LogP contribution in [0.5, 0.6) is 0 Å². The van der Waals surface area contributed by atoms with Gasteiger partial charge in [-0.05, 0) is 18.2 Å². The largest absolute Gasteiger partial charge is 0.378 e. The molecule has 3 aromatic heterocycles. The van der Waals surface area contributed by atoms with Gasteiger partial charge in [0.05, 0.1) is 18.9 Å². The third-order valence-corrected chi connectivity index (χ3v) is 5.25. The molecule has 28 heavy (non-hydrogen) atoms. The summed E-state index contributed by atoms with van der Waals surface area (Å²) in [6.07, 6.45) is 5.69. The van der Waals surface area contributed by atoms with Crippen molar-refractivity contribution in [3.05, 3.63) is 54.0 Å². The van der Waals surface area contributed by atoms with Gasteiger partial charge in [0.25, 0.3) is 0 Å². The number of ether oxygens (including phenoxy) is 1. The number of nitrogens with zero attached hydrogens (tertiary/aromatic N) is 4. The minimum absolute atomic E-state index is 0.0430. The Balaban J connectivity index is 1.63. The normalized spacial score (nSPS) is 19.2. The first kappa shape index (κ1) is 16.9. The smallest absolute Gasteiger partial charge is 0.226 e. The Kier molecular flexibility index (Phi) is 4.25. The van der Waals surface area contributed by atoms with Crippen molar-refractivity contribution in [3.8, 4) is 11.3 Å². The Bertz CT molecular complexity index is 997. The van der Waals surface area contributed by atoms with E-state index >= 15 is 0 Å². The molecule has 3 aromatic rings. The van der Waals surface area contributed by atoms with Crippen molar-refractivity contribution in [1.82, 2.24) is 20.2 Å². The van der Waals surface area contributed by atoms with Gasteiger partial charge < -0.3 is 15.0 Å². The molecule has 142 valence electrons. The molecule has 0 aliphatic carbocycles. The predicted octanol–water partition coefficient (Wildman–Crippen LogP) is 2.18. The second kappa shape index (κ2) is 7.05. The second-order valence-corrected chi connectivity index (χ2v) is 6.92. The van der Waals surface area contributed by atoms with Crippen LogP contribution >= 0.6 is 0 Å². The molecule has 2 N–H and O–H groups in total. The molecule has 0 radical (unpaired) electrons. The fourth-order valence-electron chi connectivity index (χ4n) is 3.97. The van der Waals surface area contributed by atoms with Crippen LogP contribution in [-0.4, -0.2) is 52.4 Å². The SMILES string of the molecule is O=C1C[C@@H](c2cccnc2N2CCOCC2)c2c(n[nH]c2-c2cccnc2)N1. The molecule has 0 bridgehead atoms. The third-order valence-electron chi connectivity index (χ3n) is 5.25. The van der Waals surface area contributed by atoms with E-state index in [1.165, 1.54) is 0 Å². The molecule has 0 spiro atoms. The molecule has 0 aromatic carbocycles. The Hall–Kier alpha value is -3.26. The zero-order valence-electron chi connectivity index (χ0n) is 15.3. The molecular weight excluding hydrogens is 356 g/mol. The molecule has 5 heterocycles. The molecule has 0 saturated carbocycles. The highest BCUT2D eigenvalue weighted by molar-refractivity contribution is 5.96. The van der Waals surface area contributed by atoms with E-state index in [9.17, 15) is 4.79 Å². The van der Waals surface area contributed by atoms with Gasteiger partial charge in [-0.25, -0.2) is 4.98 Å². The van der Waals surface area contributed by atoms with Gasteiger partial charge in [-0.3, -0.25) is 14.9 Å². The maximum absolute atomic E-state index is 12.4. The number of H-pyrrole nitrogens is 1. The maximum Gasteiger partial charge on any atom is 0.226 e. The number of hydrogen-bond acceptors (Lipinski definition) is 6. The van der Waals surface area contributed by atoms with Crippen molar-refractivity contribution < 1.29 is 9.53 Å². The first-order valence-electron chi connectivity index (χ1n) is 9.37. The number of fused-ring (bicyclic) bond motifs is 1. The number of aromatic amines is 1. The number of carbonyl (C=O) groups excluding carboxylic acids is 1. The minimum atomic E-state index is -0.135. The van der Waals surface area contributed by atoms with Gasteiger partial charge in [-0.15, -0.1) is 0 Å². The number of morpholine rings is 1. The molecule has 2 aliphatic rings. The first-order valence-corrected chi connectivity index (χ1v) is 9.37. The van der Waals surface area contributed by atoms with Crippen molar-refractivity contribution >= 4 is 17.5 Å². The van der Waals surface area contributed by atoms with Crippen molar-refractivity contribution in [3.63, 3.8) is 0 Å². The number of aromatic nitrogens is 4. The number of hydrogen-bond donors (Lipinski definition) is 2. The van der Waals surface area contributed by atoms with Gasteiger partial charge in [0.2, 0.25) is 5.91 Å². The quantitative estimate of drug-likeness (QED) is 0.727. The average molecular weight is 376 g/mol. The van der Waals surface area contributed by atoms with Crippen LogP contribution in [0.4, 0.5) is 11.6 Å². The zero-order valence-corrected chi connectivity index (χ0v) is 15.3. The predicted molar refractivity (Wildman–Crippen MR) is 104 cm³/mol. The van der Waals surface area contributed by atoms with E-state index in [4.69, 9.17) is 4.74 Å². The van der Waals surface area contributed by atoms with E-state index in [0.29, 0.717) is 25.5 Å². The summed E-state index contributed by atoms with van der Waals surface area (Å²) in [5, 5.41) is 10.3. The number of amides is 1. The fourth-order valence-corrected chi connectivity index (χ4v) is 3.97. The van der Waals surface area contributed by atoms with Gasteiger partial charge >= 0.3 is 0 Å². The van der Waals surface area contributed by atoms with Crippen LogP contribution in [0.2, 0.25) is 0 Å². The Morgan fingerprint density at radius 3 is 2.82 bits per heavy atom. The lowest BCUT2D eigenvalue weighted by Gasteiger charge is -2.32. The van der Waals surface area contributed by atoms with E-state index in [0.717, 1.165) is 41.3 Å². The van der Waals surface area contributed by atoms with E-state index in [1.54, 1.807) is 18.6 Å². The van der Waals surface area contributed by atoms with Crippen molar-refractivity contribution in [2.75, 3.05) is 36.5 Å². The van der Waals surface area contributed by atoms with Gasteiger partial charge in [0.1, 0.15) is 5.82 Å². The maximum atomic E-state index is 12.4. The number of pyridine rings is 2. The molecule has 8 nitrogen and oxygen atoms in total. The Labute approximate surface area is 162 Å². The van der Waals surface area contributed by atoms with E-state index < -0.39 is 0 Å². The fraction of sp³-hybridized carbons (Fsp3) is 0.300. The van der Waals surface area contributed by atoms with Crippen molar-refractivity contribution in [1.29, 1.82) is 0 Å². The van der Waals surface area contributed by atoms with Crippen LogP contribution in [0.15, 0.2) is 42.9 Å². The van der Waals surface area contributed by atoms with E-state index in [-0.39, 0.29) is 11.8 Å². The molecule has 8 heteroatoms. The van der Waals surface area contributed by atoms with E-state index in [2.05, 4.69) is 36.4 Å². The molecule has 5 rings (SSSR count). The van der Waals surface area contributed by atoms with Gasteiger partial charge in [0.15, 0.2) is 5.82 Å². The Morgan fingerprint density at radius 2 is 2.00 bits per heavy atom. The summed E-state index contributed by atoms with van der Waals surface area (Å²) in [6.45, 7) is 2.94. The highest BCUT2D eigenvalue weighted by Gasteiger charge is 2.34. The topological polar surface area (TPSA) is 96.0 Å². The Morgan fingerprint density at radius 1 is 1.14 bits per heavy atom. The lowest BCUT2D eigenvalue weighted by Crippen LogP contribution is -2.38. The summed E-state index contributed by atoms with van der Waals surface area (Å²) in [6, 6.07) is 7.86. The molecule has 1 saturated heterocycles. The van der Waals surface area contributed by atoms with Gasteiger partial charge in [-0.1, -0.05) is 6.07 Å². The molecule has 1 fully saturated rings. The number of carbonyl (C=O) groups is 1. The van der Waals surface area contributed by atoms with Gasteiger partial charge in [0, 0.05) is 60.7 Å². The van der Waals surface area contributed by atoms with E-state index in [1.807, 2.05) is 18.2 Å². The van der Waals surface area contributed by atoms with Crippen LogP contribution in [0.1, 0.15) is 23.5 Å². The van der Waals surface area contributed by atoms with Gasteiger partial charge in [-0.2, -0.15) is 5.10 Å². The number of rotatable bonds is 3. The van der Waals surface area contributed by atoms with Crippen LogP contribution < -0.4 is 10.2 Å². The van der Waals surface area contributed by atoms with Crippen LogP contribution in [0, 0.1) is 0 Å². The molecule has 2 aliphatic heterocycles. The molecule has 0 unspecified atom stereocenters. The van der Waals surface area contributed by atoms with Crippen LogP contribution in [0.3, 0.4) is 0 Å². The summed E-state index contributed by atoms with van der Waals surface area (Å²) in [7, 11) is 0. The third kappa shape index (κ3) is 2.91. The zero-order chi connectivity index (χ0) is 18.9. The molecule has 1 atom stereocenters. The summed E-state index contributed by atoms with van der Waals surface area (Å²) < 4.78 is 5.49. The average Bonchev–Trinajstić information content (AvgIpc) is 3.18. The molecular formula is C20H20N6O2. The summed E-state index contributed by atoms with van der Waals surface area (Å²) >= 11 is 0. The minimum Gasteiger partial charge on any atom is -0.378 e. The van der Waals surface area contributed by atoms with Crippen LogP contribution in [-0.2, 0) is 9.53 Å². The number of nitrogens with one attached hydrogen (secondary N) is 2. The van der Waals surface area contributed by atoms with Crippen molar-refractivity contribution in [2.45, 2.75) is 12.3 Å². The lowest BCUT2D eigenvalue weighted by atomic mass is 9.84. The second-order valence-electron chi connectivity index (χ2n) is 6.92. The monoisotopic (exact) mass is 376 g/mol. The summed E-state index contributed by atoms with van der Waals surface area (Å²) in [4.78, 5) is 23.5. The lowest BCUT2D eigenvalue weighted by molar-refractivity contribution is -0.116. The summed E-state index contributed by atoms with van der Waals surface area (Å²) in [5.74, 6) is 1.31. The first-order chi connectivity index (χ1) is 13.8. The summed E-state index contributed by atoms with van der Waals surface area (Å²) in [5.41, 5.74) is 3.83. The molecule has 1 amide bonds. The van der Waals surface area contributed by atoms with Crippen LogP contribution in [0.25, 0.3) is 11.3 Å². The highest BCUT2D eigenvalue weighted by Crippen LogP contribution is 2.43. The standard InChI is InChI=1S/C20H20N6O2/c27-16-11-15(14-4-2-6-22-20(14)26-7-9-28-10-8-26)17-18(24-25-19(17)23-16)13-3-1-5-21-12-13/h1-6,12,15H,7-11H2,(H2,23,24,25,27)/t15-/m0/s1. The van der Waals surface area contributed by atoms with Crippen molar-refractivity contribution in [2.24, 2.45) is 0 Å².